The van der Waals surface area contributed by atoms with Gasteiger partial charge >= 0.3 is 6.03 Å². The van der Waals surface area contributed by atoms with E-state index in [-0.39, 0.29) is 42.6 Å². The van der Waals surface area contributed by atoms with Crippen molar-refractivity contribution in [2.45, 2.75) is 106 Å². The number of fused-ring (bicyclic) bond motifs is 1. The van der Waals surface area contributed by atoms with Crippen molar-refractivity contribution in [3.05, 3.63) is 23.8 Å². The minimum atomic E-state index is -4.58. The molecule has 4 aliphatic rings. The van der Waals surface area contributed by atoms with Crippen LogP contribution >= 0.6 is 19.6 Å². The van der Waals surface area contributed by atoms with Gasteiger partial charge in [0, 0.05) is 62.7 Å². The van der Waals surface area contributed by atoms with Gasteiger partial charge in [0.2, 0.25) is 11.8 Å². The molecule has 5 amide bonds. The van der Waals surface area contributed by atoms with Gasteiger partial charge in [-0.2, -0.15) is 11.8 Å². The number of unbranched alkanes of at least 4 members (excludes halogenated alkanes) is 5. The molecule has 274 valence electrons. The molecule has 4 N–H and O–H groups in total. The van der Waals surface area contributed by atoms with Crippen molar-refractivity contribution in [2.75, 3.05) is 33.1 Å². The molecule has 0 aliphatic carbocycles. The molecule has 0 bridgehead atoms. The Labute approximate surface area is 291 Å². The summed E-state index contributed by atoms with van der Waals surface area (Å²) in [6.45, 7) is 0.469. The lowest BCUT2D eigenvalue weighted by molar-refractivity contribution is -0.229. The largest absolute Gasteiger partial charge is 0.756 e. The average Bonchev–Trinajstić information content (AvgIpc) is 3.74. The van der Waals surface area contributed by atoms with E-state index in [1.807, 2.05) is 11.8 Å². The highest BCUT2D eigenvalue weighted by Gasteiger charge is 2.45. The van der Waals surface area contributed by atoms with Crippen molar-refractivity contribution in [1.29, 1.82) is 0 Å². The maximum absolute atomic E-state index is 12.6. The van der Waals surface area contributed by atoms with Gasteiger partial charge in [-0.3, -0.25) is 29.1 Å². The van der Waals surface area contributed by atoms with Crippen LogP contribution < -0.4 is 26.2 Å². The zero-order valence-electron chi connectivity index (χ0n) is 28.0. The molecule has 0 aromatic rings. The number of rotatable bonds is 21. The van der Waals surface area contributed by atoms with E-state index in [1.54, 1.807) is 0 Å². The summed E-state index contributed by atoms with van der Waals surface area (Å²) in [4.78, 5) is 73.0. The normalized spacial score (nSPS) is 29.2. The predicted octanol–water partition coefficient (Wildman–Crippen LogP) is 1.80. The molecule has 6 unspecified atom stereocenters. The highest BCUT2D eigenvalue weighted by atomic mass is 32.2. The average molecular weight is 728 g/mol. The quantitative estimate of drug-likeness (QED) is 0.0439. The minimum Gasteiger partial charge on any atom is -0.756 e. The van der Waals surface area contributed by atoms with Crippen molar-refractivity contribution >= 4 is 49.1 Å². The monoisotopic (exact) mass is 727 g/mol. The van der Waals surface area contributed by atoms with Crippen LogP contribution in [0.25, 0.3) is 0 Å². The number of nitrogens with one attached hydrogen (secondary N) is 4. The number of carbonyl (C=O) groups is 5. The number of urea groups is 1. The van der Waals surface area contributed by atoms with Crippen LogP contribution in [0.15, 0.2) is 23.8 Å². The second kappa shape index (κ2) is 19.1. The number of hydrogen-bond donors (Lipinski definition) is 4. The van der Waals surface area contributed by atoms with E-state index in [9.17, 15) is 33.4 Å². The van der Waals surface area contributed by atoms with Gasteiger partial charge in [0.15, 0.2) is 0 Å². The minimum absolute atomic E-state index is 0.0125. The molecule has 8 atom stereocenters. The highest BCUT2D eigenvalue weighted by molar-refractivity contribution is 8.00. The number of amides is 5. The number of phosphoric ester groups is 1. The lowest BCUT2D eigenvalue weighted by atomic mass is 9.92. The Kier molecular flexibility index (Phi) is 15.3. The number of ether oxygens (including phenoxy) is 2. The molecule has 0 aromatic heterocycles. The lowest BCUT2D eigenvalue weighted by Crippen LogP contribution is -2.44. The van der Waals surface area contributed by atoms with Crippen molar-refractivity contribution in [1.82, 2.24) is 21.3 Å². The van der Waals surface area contributed by atoms with E-state index in [4.69, 9.17) is 14.0 Å². The van der Waals surface area contributed by atoms with E-state index in [0.717, 1.165) is 64.2 Å². The van der Waals surface area contributed by atoms with Gasteiger partial charge in [0.1, 0.15) is 11.9 Å². The molecule has 0 spiro atoms. The fraction of sp³-hybridized carbons (Fsp3) is 0.719. The first-order chi connectivity index (χ1) is 23.5. The molecule has 0 saturated carbocycles. The van der Waals surface area contributed by atoms with E-state index < -0.39 is 43.9 Å². The third-order valence-corrected chi connectivity index (χ3v) is 11.6. The molecule has 0 radical (unpaired) electrons. The number of ketones is 1. The number of carbonyl (C=O) groups excluding carboxylic acids is 5. The van der Waals surface area contributed by atoms with E-state index in [2.05, 4.69) is 25.8 Å². The zero-order valence-corrected chi connectivity index (χ0v) is 29.7. The molecule has 17 heteroatoms. The van der Waals surface area contributed by atoms with Crippen molar-refractivity contribution in [2.24, 2.45) is 5.92 Å². The third kappa shape index (κ3) is 12.0. The van der Waals surface area contributed by atoms with Crippen molar-refractivity contribution in [3.8, 4) is 0 Å². The van der Waals surface area contributed by atoms with Crippen LogP contribution in [0.3, 0.4) is 0 Å². The number of thioether (sulfide) groups is 1. The first-order valence-corrected chi connectivity index (χ1v) is 19.4. The Hall–Kier alpha value is -2.59. The summed E-state index contributed by atoms with van der Waals surface area (Å²) in [6, 6.07) is 0.367. The van der Waals surface area contributed by atoms with E-state index in [0.29, 0.717) is 30.4 Å². The smallest absolute Gasteiger partial charge is 0.315 e. The molecule has 4 rings (SSSR count). The standard InChI is InChI=1S/C32H49N4O11PS/c1-44-18-26-25(47-48(42,43)45-2)17-24(46-26)22-16-20(30(39)36-31(22)40)13-14-28(38)33-15-9-5-3-4-6-10-21(37)11-7-8-12-27-29-23(19-49-27)34-32(41)35-29/h13-14,16,22-27,29H,3-12,15,17-19H2,1-2H3,(H,33,38)(H,42,43)(H2,34,35,41)(H,36,39,40)/p-1/b14-13+/t22?,23?,24-,25?,26-,27?,29?/m1/s1. The third-order valence-electron chi connectivity index (χ3n) is 9.09. The summed E-state index contributed by atoms with van der Waals surface area (Å²) in [6.07, 6.45) is 9.95. The van der Waals surface area contributed by atoms with Crippen LogP contribution in [0.2, 0.25) is 0 Å². The fourth-order valence-electron chi connectivity index (χ4n) is 6.48. The van der Waals surface area contributed by atoms with Crippen LogP contribution in [-0.4, -0.2) is 98.3 Å². The number of phosphoric acid groups is 1. The predicted molar refractivity (Wildman–Crippen MR) is 178 cm³/mol. The number of methoxy groups -OCH3 is 1. The topological polar surface area (TPSA) is 211 Å². The highest BCUT2D eigenvalue weighted by Crippen LogP contribution is 2.43. The number of hydrogen-bond acceptors (Lipinski definition) is 12. The summed E-state index contributed by atoms with van der Waals surface area (Å²) >= 11 is 1.90. The number of imide groups is 1. The van der Waals surface area contributed by atoms with Crippen LogP contribution in [0.4, 0.5) is 4.79 Å². The molecule has 3 saturated heterocycles. The van der Waals surface area contributed by atoms with Gasteiger partial charge < -0.3 is 39.4 Å². The van der Waals surface area contributed by atoms with Crippen LogP contribution in [-0.2, 0) is 42.3 Å². The number of Topliss-reactive ketones (excluding diaryl/α,β-unsaturated/α-hetero) is 1. The van der Waals surface area contributed by atoms with Crippen molar-refractivity contribution in [3.63, 3.8) is 0 Å². The van der Waals surface area contributed by atoms with Gasteiger partial charge in [-0.05, 0) is 31.8 Å². The Balaban J connectivity index is 1.07. The molecular weight excluding hydrogens is 679 g/mol. The summed E-state index contributed by atoms with van der Waals surface area (Å²) in [7, 11) is -2.19. The molecule has 49 heavy (non-hydrogen) atoms. The second-order valence-corrected chi connectivity index (χ2v) is 15.4. The van der Waals surface area contributed by atoms with E-state index >= 15 is 0 Å². The van der Waals surface area contributed by atoms with Gasteiger partial charge in [-0.1, -0.05) is 31.8 Å². The summed E-state index contributed by atoms with van der Waals surface area (Å²) in [5.74, 6) is -1.34. The molecule has 0 aromatic carbocycles. The van der Waals surface area contributed by atoms with Gasteiger partial charge in [0.25, 0.3) is 13.7 Å². The summed E-state index contributed by atoms with van der Waals surface area (Å²) in [5, 5.41) is 11.4. The molecule has 3 fully saturated rings. The van der Waals surface area contributed by atoms with E-state index in [1.165, 1.54) is 25.3 Å². The zero-order chi connectivity index (χ0) is 35.4. The molecule has 4 heterocycles. The Morgan fingerprint density at radius 2 is 1.82 bits per heavy atom. The Morgan fingerprint density at radius 3 is 2.57 bits per heavy atom. The summed E-state index contributed by atoms with van der Waals surface area (Å²) < 4.78 is 32.3. The first kappa shape index (κ1) is 39.2. The van der Waals surface area contributed by atoms with Crippen LogP contribution in [0, 0.1) is 5.92 Å². The van der Waals surface area contributed by atoms with Crippen LogP contribution in [0.1, 0.15) is 70.6 Å². The fourth-order valence-corrected chi connectivity index (χ4v) is 8.66. The SMILES string of the molecule is COC[C@H]1O[C@@H](C2C=C(/C=C/C(=O)NCCCCCCCC(=O)CCCCC3SCC4NC(=O)NC43)C(=O)NC2=O)CC1OP(=O)([O-])OC. The maximum atomic E-state index is 12.6. The molecule has 15 nitrogen and oxygen atoms in total. The van der Waals surface area contributed by atoms with Gasteiger partial charge in [0.05, 0.1) is 36.8 Å². The van der Waals surface area contributed by atoms with Gasteiger partial charge in [-0.25, -0.2) is 4.79 Å². The summed E-state index contributed by atoms with van der Waals surface area (Å²) in [5.41, 5.74) is 0.0968. The van der Waals surface area contributed by atoms with Gasteiger partial charge in [-0.15, -0.1) is 0 Å². The first-order valence-electron chi connectivity index (χ1n) is 16.9. The van der Waals surface area contributed by atoms with Crippen LogP contribution in [0.5, 0.6) is 0 Å². The molecule has 4 aliphatic heterocycles. The molecular formula is C32H48N4O11PS-. The Morgan fingerprint density at radius 1 is 1.08 bits per heavy atom. The maximum Gasteiger partial charge on any atom is 0.315 e. The van der Waals surface area contributed by atoms with Crippen molar-refractivity contribution < 1.29 is 52.0 Å². The lowest BCUT2D eigenvalue weighted by Gasteiger charge is -2.26. The second-order valence-electron chi connectivity index (χ2n) is 12.7. The Bertz CT molecular complexity index is 1310.